The van der Waals surface area contributed by atoms with Gasteiger partial charge in [0.25, 0.3) is 11.6 Å². The molecular weight excluding hydrogens is 312 g/mol. The van der Waals surface area contributed by atoms with E-state index < -0.39 is 10.8 Å². The number of anilines is 1. The third-order valence-electron chi connectivity index (χ3n) is 3.56. The van der Waals surface area contributed by atoms with Gasteiger partial charge in [0.1, 0.15) is 5.56 Å². The van der Waals surface area contributed by atoms with Crippen LogP contribution in [0.4, 0.5) is 11.4 Å². The minimum absolute atomic E-state index is 0.0998. The van der Waals surface area contributed by atoms with Crippen LogP contribution in [-0.4, -0.2) is 25.1 Å². The van der Waals surface area contributed by atoms with E-state index in [1.54, 1.807) is 12.1 Å². The number of ether oxygens (including phenoxy) is 2. The number of rotatable bonds is 6. The number of nitro benzene ring substituents is 1. The van der Waals surface area contributed by atoms with E-state index in [1.165, 1.54) is 26.4 Å². The molecule has 0 aromatic heterocycles. The Kier molecular flexibility index (Phi) is 5.36. The van der Waals surface area contributed by atoms with E-state index in [0.29, 0.717) is 5.69 Å². The van der Waals surface area contributed by atoms with Crippen molar-refractivity contribution in [2.75, 3.05) is 19.5 Å². The van der Waals surface area contributed by atoms with Gasteiger partial charge >= 0.3 is 0 Å². The second-order valence-electron chi connectivity index (χ2n) is 4.99. The summed E-state index contributed by atoms with van der Waals surface area (Å²) in [7, 11) is 2.77. The zero-order chi connectivity index (χ0) is 17.7. The van der Waals surface area contributed by atoms with Crippen molar-refractivity contribution in [3.05, 3.63) is 57.6 Å². The summed E-state index contributed by atoms with van der Waals surface area (Å²) in [6.45, 7) is 2.03. The fourth-order valence-corrected chi connectivity index (χ4v) is 2.22. The Hall–Kier alpha value is -3.09. The first-order valence-electron chi connectivity index (χ1n) is 7.30. The predicted octanol–water partition coefficient (Wildman–Crippen LogP) is 3.43. The first-order chi connectivity index (χ1) is 11.5. The van der Waals surface area contributed by atoms with Gasteiger partial charge in [0.2, 0.25) is 0 Å². The van der Waals surface area contributed by atoms with E-state index in [2.05, 4.69) is 5.32 Å². The Balaban J connectivity index is 2.37. The second-order valence-corrected chi connectivity index (χ2v) is 4.99. The van der Waals surface area contributed by atoms with Crippen LogP contribution in [0.5, 0.6) is 11.5 Å². The summed E-state index contributed by atoms with van der Waals surface area (Å²) in [5.74, 6) is -0.158. The summed E-state index contributed by atoms with van der Waals surface area (Å²) in [6, 6.07) is 9.75. The van der Waals surface area contributed by atoms with Crippen molar-refractivity contribution in [2.24, 2.45) is 0 Å². The van der Waals surface area contributed by atoms with Crippen molar-refractivity contribution >= 4 is 17.3 Å². The standard InChI is InChI=1S/C17H18N2O5/c1-4-11-5-7-12(8-6-11)18-17(20)13-9-15(23-2)16(24-3)10-14(13)19(21)22/h5-10H,4H2,1-3H3,(H,18,20). The van der Waals surface area contributed by atoms with Crippen LogP contribution < -0.4 is 14.8 Å². The van der Waals surface area contributed by atoms with Crippen LogP contribution in [0, 0.1) is 10.1 Å². The van der Waals surface area contributed by atoms with Gasteiger partial charge < -0.3 is 14.8 Å². The maximum atomic E-state index is 12.4. The van der Waals surface area contributed by atoms with Crippen molar-refractivity contribution in [1.82, 2.24) is 0 Å². The lowest BCUT2D eigenvalue weighted by atomic mass is 10.1. The molecule has 0 saturated heterocycles. The quantitative estimate of drug-likeness (QED) is 0.647. The van der Waals surface area contributed by atoms with Crippen LogP contribution in [0.25, 0.3) is 0 Å². The molecule has 2 aromatic carbocycles. The highest BCUT2D eigenvalue weighted by molar-refractivity contribution is 6.07. The molecule has 2 aromatic rings. The van der Waals surface area contributed by atoms with E-state index >= 15 is 0 Å². The Morgan fingerprint density at radius 3 is 2.21 bits per heavy atom. The van der Waals surface area contributed by atoms with E-state index in [4.69, 9.17) is 9.47 Å². The highest BCUT2D eigenvalue weighted by Gasteiger charge is 2.24. The van der Waals surface area contributed by atoms with Crippen molar-refractivity contribution in [3.8, 4) is 11.5 Å². The van der Waals surface area contributed by atoms with E-state index in [0.717, 1.165) is 12.0 Å². The van der Waals surface area contributed by atoms with Gasteiger partial charge in [0.15, 0.2) is 11.5 Å². The number of carbonyl (C=O) groups excluding carboxylic acids is 1. The minimum Gasteiger partial charge on any atom is -0.493 e. The summed E-state index contributed by atoms with van der Waals surface area (Å²) in [5.41, 5.74) is 1.24. The summed E-state index contributed by atoms with van der Waals surface area (Å²) in [6.07, 6.45) is 0.884. The number of nitro groups is 1. The van der Waals surface area contributed by atoms with Gasteiger partial charge in [-0.1, -0.05) is 19.1 Å². The number of hydrogen-bond acceptors (Lipinski definition) is 5. The predicted molar refractivity (Wildman–Crippen MR) is 90.0 cm³/mol. The molecule has 0 atom stereocenters. The number of hydrogen-bond donors (Lipinski definition) is 1. The topological polar surface area (TPSA) is 90.7 Å². The van der Waals surface area contributed by atoms with Crippen molar-refractivity contribution in [1.29, 1.82) is 0 Å². The van der Waals surface area contributed by atoms with Crippen LogP contribution in [0.15, 0.2) is 36.4 Å². The van der Waals surface area contributed by atoms with E-state index in [-0.39, 0.29) is 22.7 Å². The molecule has 7 heteroatoms. The van der Waals surface area contributed by atoms with Crippen LogP contribution in [0.1, 0.15) is 22.8 Å². The molecule has 0 heterocycles. The van der Waals surface area contributed by atoms with Gasteiger partial charge in [-0.05, 0) is 24.1 Å². The van der Waals surface area contributed by atoms with E-state index in [9.17, 15) is 14.9 Å². The van der Waals surface area contributed by atoms with Crippen LogP contribution in [0.3, 0.4) is 0 Å². The Morgan fingerprint density at radius 1 is 1.12 bits per heavy atom. The number of benzene rings is 2. The highest BCUT2D eigenvalue weighted by Crippen LogP contribution is 2.34. The molecule has 0 saturated carbocycles. The minimum atomic E-state index is -0.628. The molecule has 0 spiro atoms. The molecule has 0 radical (unpaired) electrons. The fraction of sp³-hybridized carbons (Fsp3) is 0.235. The lowest BCUT2D eigenvalue weighted by molar-refractivity contribution is -0.385. The Morgan fingerprint density at radius 2 is 1.71 bits per heavy atom. The van der Waals surface area contributed by atoms with Gasteiger partial charge in [-0.2, -0.15) is 0 Å². The fourth-order valence-electron chi connectivity index (χ4n) is 2.22. The van der Waals surface area contributed by atoms with Gasteiger partial charge in [-0.25, -0.2) is 0 Å². The van der Waals surface area contributed by atoms with Gasteiger partial charge in [0.05, 0.1) is 25.2 Å². The zero-order valence-corrected chi connectivity index (χ0v) is 13.7. The molecule has 0 aliphatic rings. The summed E-state index contributed by atoms with van der Waals surface area (Å²) in [4.78, 5) is 23.1. The average molecular weight is 330 g/mol. The molecule has 1 amide bonds. The lowest BCUT2D eigenvalue weighted by Crippen LogP contribution is -2.14. The Bertz CT molecular complexity index is 756. The molecule has 126 valence electrons. The molecular formula is C17H18N2O5. The number of nitrogens with one attached hydrogen (secondary N) is 1. The molecule has 0 aliphatic heterocycles. The van der Waals surface area contributed by atoms with Crippen LogP contribution in [0.2, 0.25) is 0 Å². The normalized spacial score (nSPS) is 10.1. The second kappa shape index (κ2) is 7.45. The number of amides is 1. The molecule has 0 unspecified atom stereocenters. The molecule has 1 N–H and O–H groups in total. The van der Waals surface area contributed by atoms with Crippen LogP contribution >= 0.6 is 0 Å². The average Bonchev–Trinajstić information content (AvgIpc) is 2.60. The first-order valence-corrected chi connectivity index (χ1v) is 7.30. The lowest BCUT2D eigenvalue weighted by Gasteiger charge is -2.11. The smallest absolute Gasteiger partial charge is 0.286 e. The molecule has 0 aliphatic carbocycles. The maximum absolute atomic E-state index is 12.4. The SMILES string of the molecule is CCc1ccc(NC(=O)c2cc(OC)c(OC)cc2[N+](=O)[O-])cc1. The maximum Gasteiger partial charge on any atom is 0.286 e. The van der Waals surface area contributed by atoms with Gasteiger partial charge in [0, 0.05) is 11.8 Å². The van der Waals surface area contributed by atoms with Gasteiger partial charge in [-0.15, -0.1) is 0 Å². The van der Waals surface area contributed by atoms with Crippen molar-refractivity contribution in [3.63, 3.8) is 0 Å². The Labute approximate surface area is 139 Å². The zero-order valence-electron chi connectivity index (χ0n) is 13.7. The van der Waals surface area contributed by atoms with E-state index in [1.807, 2.05) is 19.1 Å². The third-order valence-corrected chi connectivity index (χ3v) is 3.56. The summed E-state index contributed by atoms with van der Waals surface area (Å²) in [5, 5.41) is 13.9. The van der Waals surface area contributed by atoms with Crippen molar-refractivity contribution < 1.29 is 19.2 Å². The molecule has 2 rings (SSSR count). The molecule has 24 heavy (non-hydrogen) atoms. The number of methoxy groups -OCH3 is 2. The van der Waals surface area contributed by atoms with Crippen molar-refractivity contribution in [2.45, 2.75) is 13.3 Å². The summed E-state index contributed by atoms with van der Waals surface area (Å²) >= 11 is 0. The number of carbonyl (C=O) groups is 1. The summed E-state index contributed by atoms with van der Waals surface area (Å²) < 4.78 is 10.2. The highest BCUT2D eigenvalue weighted by atomic mass is 16.6. The molecule has 7 nitrogen and oxygen atoms in total. The third kappa shape index (κ3) is 3.62. The molecule has 0 fully saturated rings. The number of aryl methyl sites for hydroxylation is 1. The molecule has 0 bridgehead atoms. The number of nitrogens with zero attached hydrogens (tertiary/aromatic N) is 1. The van der Waals surface area contributed by atoms with Gasteiger partial charge in [-0.3, -0.25) is 14.9 Å². The van der Waals surface area contributed by atoms with Crippen LogP contribution in [-0.2, 0) is 6.42 Å². The first kappa shape index (κ1) is 17.3. The largest absolute Gasteiger partial charge is 0.493 e. The monoisotopic (exact) mass is 330 g/mol.